The molecule has 3 aromatic carbocycles. The Morgan fingerprint density at radius 2 is 1.61 bits per heavy atom. The fraction of sp³-hybridized carbons (Fsp3) is 0.290. The van der Waals surface area contributed by atoms with Crippen molar-refractivity contribution in [2.45, 2.75) is 45.6 Å². The summed E-state index contributed by atoms with van der Waals surface area (Å²) in [6.07, 6.45) is 3.08. The second kappa shape index (κ2) is 9.30. The lowest BCUT2D eigenvalue weighted by atomic mass is 9.80. The Morgan fingerprint density at radius 1 is 1.00 bits per heavy atom. The Balaban J connectivity index is 1.54. The summed E-state index contributed by atoms with van der Waals surface area (Å²) < 4.78 is 0. The smallest absolute Gasteiger partial charge is 0.296 e. The highest BCUT2D eigenvalue weighted by Crippen LogP contribution is 2.43. The van der Waals surface area contributed by atoms with Crippen molar-refractivity contribution in [1.82, 2.24) is 4.90 Å². The minimum atomic E-state index is -0.215. The van der Waals surface area contributed by atoms with E-state index in [9.17, 15) is 4.79 Å². The molecule has 5 nitrogen and oxygen atoms in total. The molecule has 0 saturated carbocycles. The van der Waals surface area contributed by atoms with E-state index < -0.39 is 0 Å². The number of hydrogen-bond acceptors (Lipinski definition) is 4. The first-order valence-electron chi connectivity index (χ1n) is 12.7. The Hall–Kier alpha value is -3.86. The largest absolute Gasteiger partial charge is 0.369 e. The maximum atomic E-state index is 13.3. The number of nitrogens with zero attached hydrogens (tertiary/aromatic N) is 4. The summed E-state index contributed by atoms with van der Waals surface area (Å²) >= 11 is 0. The molecular weight excluding hydrogens is 444 g/mol. The second-order valence-corrected chi connectivity index (χ2v) is 10.3. The Labute approximate surface area is 214 Å². The zero-order chi connectivity index (χ0) is 25.4. The molecule has 2 aliphatic rings. The van der Waals surface area contributed by atoms with Crippen molar-refractivity contribution in [3.63, 3.8) is 0 Å². The van der Waals surface area contributed by atoms with Crippen molar-refractivity contribution in [2.24, 2.45) is 4.99 Å². The molecule has 0 saturated heterocycles. The van der Waals surface area contributed by atoms with Crippen LogP contribution >= 0.6 is 0 Å². The summed E-state index contributed by atoms with van der Waals surface area (Å²) in [5.74, 6) is 0.858. The zero-order valence-electron chi connectivity index (χ0n) is 21.8. The fourth-order valence-electron chi connectivity index (χ4n) is 5.43. The third kappa shape index (κ3) is 4.19. The van der Waals surface area contributed by atoms with Crippen LogP contribution in [0.15, 0.2) is 89.6 Å². The molecule has 2 heterocycles. The quantitative estimate of drug-likeness (QED) is 0.386. The lowest BCUT2D eigenvalue weighted by molar-refractivity contribution is -0.114. The van der Waals surface area contributed by atoms with E-state index in [1.54, 1.807) is 0 Å². The van der Waals surface area contributed by atoms with Crippen molar-refractivity contribution < 1.29 is 4.79 Å². The van der Waals surface area contributed by atoms with Crippen LogP contribution in [0, 0.1) is 0 Å². The number of aliphatic imine (C=N–C) groups is 1. The monoisotopic (exact) mass is 478 g/mol. The molecule has 5 heteroatoms. The number of guanidine groups is 1. The lowest BCUT2D eigenvalue weighted by Crippen LogP contribution is -2.45. The number of rotatable bonds is 4. The molecule has 184 valence electrons. The number of fused-ring (bicyclic) bond motifs is 1. The van der Waals surface area contributed by atoms with Crippen LogP contribution in [0.5, 0.6) is 0 Å². The highest BCUT2D eigenvalue weighted by atomic mass is 16.2. The van der Waals surface area contributed by atoms with E-state index in [1.165, 1.54) is 11.3 Å². The summed E-state index contributed by atoms with van der Waals surface area (Å²) in [5, 5.41) is 0. The molecule has 5 rings (SSSR count). The molecule has 36 heavy (non-hydrogen) atoms. The Kier molecular flexibility index (Phi) is 6.17. The van der Waals surface area contributed by atoms with Gasteiger partial charge in [-0.15, -0.1) is 0 Å². The van der Waals surface area contributed by atoms with Crippen LogP contribution in [0.3, 0.4) is 0 Å². The van der Waals surface area contributed by atoms with E-state index in [2.05, 4.69) is 62.8 Å². The average Bonchev–Trinajstić information content (AvgIpc) is 3.18. The summed E-state index contributed by atoms with van der Waals surface area (Å²) in [6.45, 7) is 9.57. The number of hydrogen-bond donors (Lipinski definition) is 0. The highest BCUT2D eigenvalue weighted by molar-refractivity contribution is 6.19. The van der Waals surface area contributed by atoms with Crippen LogP contribution in [-0.4, -0.2) is 35.9 Å². The van der Waals surface area contributed by atoms with E-state index in [-0.39, 0.29) is 11.4 Å². The van der Waals surface area contributed by atoms with Gasteiger partial charge < -0.3 is 9.80 Å². The maximum Gasteiger partial charge on any atom is 0.296 e. The van der Waals surface area contributed by atoms with Gasteiger partial charge in [-0.2, -0.15) is 4.99 Å². The third-order valence-corrected chi connectivity index (χ3v) is 7.46. The number of likely N-dealkylation sites (N-methyl/N-ethyl adjacent to an activating group) is 1. The molecule has 1 unspecified atom stereocenters. The molecule has 1 atom stereocenters. The highest BCUT2D eigenvalue weighted by Gasteiger charge is 2.35. The molecule has 0 fully saturated rings. The fourth-order valence-corrected chi connectivity index (χ4v) is 5.43. The molecule has 1 amide bonds. The van der Waals surface area contributed by atoms with Crippen LogP contribution in [0.25, 0.3) is 6.08 Å². The number of para-hydroxylation sites is 2. The topological polar surface area (TPSA) is 39.1 Å². The van der Waals surface area contributed by atoms with E-state index in [0.29, 0.717) is 24.1 Å². The molecule has 0 N–H and O–H groups in total. The molecule has 3 aromatic rings. The Morgan fingerprint density at radius 3 is 2.19 bits per heavy atom. The Bertz CT molecular complexity index is 1290. The number of amides is 1. The van der Waals surface area contributed by atoms with Crippen molar-refractivity contribution in [1.29, 1.82) is 0 Å². The van der Waals surface area contributed by atoms with Gasteiger partial charge in [0.1, 0.15) is 5.70 Å². The molecule has 0 radical (unpaired) electrons. The van der Waals surface area contributed by atoms with Gasteiger partial charge in [0.15, 0.2) is 0 Å². The van der Waals surface area contributed by atoms with Crippen molar-refractivity contribution in [3.05, 3.63) is 95.7 Å². The molecule has 2 aliphatic heterocycles. The van der Waals surface area contributed by atoms with Gasteiger partial charge in [0.05, 0.1) is 0 Å². The molecule has 0 aliphatic carbocycles. The van der Waals surface area contributed by atoms with Crippen LogP contribution in [0.1, 0.15) is 51.2 Å². The van der Waals surface area contributed by atoms with Gasteiger partial charge in [-0.3, -0.25) is 9.69 Å². The third-order valence-electron chi connectivity index (χ3n) is 7.46. The van der Waals surface area contributed by atoms with E-state index >= 15 is 0 Å². The molecular formula is C31H34N4O. The van der Waals surface area contributed by atoms with Crippen LogP contribution in [0.2, 0.25) is 0 Å². The normalized spacial score (nSPS) is 19.9. The van der Waals surface area contributed by atoms with Crippen LogP contribution < -0.4 is 9.80 Å². The number of carbonyl (C=O) groups is 1. The molecule has 0 bridgehead atoms. The maximum absolute atomic E-state index is 13.3. The average molecular weight is 479 g/mol. The van der Waals surface area contributed by atoms with E-state index in [1.807, 2.05) is 76.5 Å². The van der Waals surface area contributed by atoms with Crippen LogP contribution in [0.4, 0.5) is 17.1 Å². The SMILES string of the molecule is CCN1C(N(c2ccccc2)c2ccccc2)=NC(=O)/C1=C\c1ccc2c(c1)C(C)CC(C)(C)N2C. The van der Waals surface area contributed by atoms with Gasteiger partial charge in [0, 0.05) is 36.2 Å². The molecule has 0 aromatic heterocycles. The standard InChI is InChI=1S/C31H34N4O/c1-6-34-28(20-23-17-18-27-26(19-23)22(2)21-31(3,4)33(27)5)29(36)32-30(34)35(24-13-9-7-10-14-24)25-15-11-8-12-16-25/h7-20,22H,6,21H2,1-5H3/b28-20+. The number of carbonyl (C=O) groups excluding carboxylic acids is 1. The number of benzene rings is 3. The predicted molar refractivity (Wildman–Crippen MR) is 150 cm³/mol. The van der Waals surface area contributed by atoms with Crippen molar-refractivity contribution in [3.8, 4) is 0 Å². The van der Waals surface area contributed by atoms with Gasteiger partial charge in [-0.25, -0.2) is 0 Å². The second-order valence-electron chi connectivity index (χ2n) is 10.3. The van der Waals surface area contributed by atoms with E-state index in [0.717, 1.165) is 23.4 Å². The minimum absolute atomic E-state index is 0.119. The predicted octanol–water partition coefficient (Wildman–Crippen LogP) is 6.81. The van der Waals surface area contributed by atoms with Gasteiger partial charge >= 0.3 is 0 Å². The summed E-state index contributed by atoms with van der Waals surface area (Å²) in [7, 11) is 2.17. The lowest BCUT2D eigenvalue weighted by Gasteiger charge is -2.45. The first-order chi connectivity index (χ1) is 17.3. The number of anilines is 3. The zero-order valence-corrected chi connectivity index (χ0v) is 21.8. The van der Waals surface area contributed by atoms with Gasteiger partial charge in [-0.05, 0) is 86.7 Å². The summed E-state index contributed by atoms with van der Waals surface area (Å²) in [4.78, 5) is 24.3. The summed E-state index contributed by atoms with van der Waals surface area (Å²) in [5.41, 5.74) is 6.26. The minimum Gasteiger partial charge on any atom is -0.369 e. The van der Waals surface area contributed by atoms with Crippen molar-refractivity contribution >= 4 is 35.0 Å². The summed E-state index contributed by atoms with van der Waals surface area (Å²) in [6, 6.07) is 26.7. The molecule has 0 spiro atoms. The van der Waals surface area contributed by atoms with Gasteiger partial charge in [0.25, 0.3) is 5.91 Å². The van der Waals surface area contributed by atoms with E-state index in [4.69, 9.17) is 0 Å². The first-order valence-corrected chi connectivity index (χ1v) is 12.7. The van der Waals surface area contributed by atoms with Crippen LogP contribution in [-0.2, 0) is 4.79 Å². The van der Waals surface area contributed by atoms with Gasteiger partial charge in [0.2, 0.25) is 5.96 Å². The van der Waals surface area contributed by atoms with Crippen molar-refractivity contribution in [2.75, 3.05) is 23.4 Å². The van der Waals surface area contributed by atoms with Gasteiger partial charge in [-0.1, -0.05) is 49.4 Å². The first kappa shape index (κ1) is 23.9.